The number of thiophene rings is 1. The highest BCUT2D eigenvalue weighted by molar-refractivity contribution is 7.93. The summed E-state index contributed by atoms with van der Waals surface area (Å²) in [4.78, 5) is 19.3. The molecule has 1 amide bonds. The molecular weight excluding hydrogens is 472 g/mol. The van der Waals surface area contributed by atoms with Crippen molar-refractivity contribution in [3.63, 3.8) is 0 Å². The molecule has 11 nitrogen and oxygen atoms in total. The summed E-state index contributed by atoms with van der Waals surface area (Å²) in [5, 5.41) is 3.87. The molecule has 176 valence electrons. The quantitative estimate of drug-likeness (QED) is 0.525. The van der Waals surface area contributed by atoms with Crippen molar-refractivity contribution in [1.82, 2.24) is 15.0 Å². The van der Waals surface area contributed by atoms with Gasteiger partial charge in [-0.25, -0.2) is 8.42 Å². The molecule has 1 aliphatic heterocycles. The monoisotopic (exact) mass is 494 g/mol. The van der Waals surface area contributed by atoms with Crippen LogP contribution in [0, 0.1) is 6.92 Å². The Balaban J connectivity index is 1.57. The lowest BCUT2D eigenvalue weighted by atomic mass is 10.3. The number of carbonyl (C=O) groups is 1. The third-order valence-corrected chi connectivity index (χ3v) is 7.61. The molecule has 0 atom stereocenters. The lowest BCUT2D eigenvalue weighted by molar-refractivity contribution is 0.0272. The van der Waals surface area contributed by atoms with Crippen LogP contribution in [0.2, 0.25) is 0 Å². The van der Waals surface area contributed by atoms with E-state index < -0.39 is 10.0 Å². The van der Waals surface area contributed by atoms with Crippen LogP contribution in [0.1, 0.15) is 15.6 Å². The zero-order valence-electron chi connectivity index (χ0n) is 18.2. The lowest BCUT2D eigenvalue weighted by Crippen LogP contribution is -2.40. The average molecular weight is 495 g/mol. The number of hydrogen-bond acceptors (Lipinski definition) is 10. The number of rotatable bonds is 7. The molecule has 0 bridgehead atoms. The fourth-order valence-corrected chi connectivity index (χ4v) is 5.83. The number of nitrogens with one attached hydrogen (secondary N) is 1. The normalized spacial score (nSPS) is 14.2. The van der Waals surface area contributed by atoms with Crippen molar-refractivity contribution in [2.24, 2.45) is 0 Å². The number of anilines is 1. The van der Waals surface area contributed by atoms with Crippen LogP contribution in [0.4, 0.5) is 5.69 Å². The summed E-state index contributed by atoms with van der Waals surface area (Å²) < 4.78 is 49.5. The second kappa shape index (κ2) is 9.37. The maximum atomic E-state index is 13.1. The predicted octanol–water partition coefficient (Wildman–Crippen LogP) is 2.40. The van der Waals surface area contributed by atoms with Gasteiger partial charge >= 0.3 is 11.8 Å². The average Bonchev–Trinajstić information content (AvgIpc) is 3.46. The van der Waals surface area contributed by atoms with Gasteiger partial charge in [-0.2, -0.15) is 4.98 Å². The molecule has 3 heterocycles. The summed E-state index contributed by atoms with van der Waals surface area (Å²) >= 11 is 1.18. The van der Waals surface area contributed by atoms with E-state index in [1.165, 1.54) is 31.6 Å². The van der Waals surface area contributed by atoms with E-state index >= 15 is 0 Å². The zero-order chi connectivity index (χ0) is 23.6. The van der Waals surface area contributed by atoms with Gasteiger partial charge in [0.15, 0.2) is 0 Å². The van der Waals surface area contributed by atoms with Crippen molar-refractivity contribution in [2.75, 3.05) is 45.2 Å². The number of aryl methyl sites for hydroxylation is 1. The van der Waals surface area contributed by atoms with Gasteiger partial charge in [-0.15, -0.1) is 11.3 Å². The topological polar surface area (TPSA) is 133 Å². The number of methoxy groups -OCH3 is 2. The highest BCUT2D eigenvalue weighted by Gasteiger charge is 2.27. The number of sulfonamides is 1. The molecule has 0 radical (unpaired) electrons. The molecule has 1 aliphatic rings. The Bertz CT molecular complexity index is 1260. The third kappa shape index (κ3) is 4.79. The SMILES string of the molecule is COc1ccc(NS(=O)(=O)c2cc(-c3noc(C(=O)N4CCOCC4)n3)sc2C)c(OC)c1. The van der Waals surface area contributed by atoms with Gasteiger partial charge in [0.2, 0.25) is 5.82 Å². The molecule has 13 heteroatoms. The largest absolute Gasteiger partial charge is 0.497 e. The summed E-state index contributed by atoms with van der Waals surface area (Å²) in [7, 11) is -1.00. The van der Waals surface area contributed by atoms with Crippen LogP contribution >= 0.6 is 11.3 Å². The van der Waals surface area contributed by atoms with Crippen LogP contribution in [0.25, 0.3) is 10.7 Å². The number of benzene rings is 1. The minimum absolute atomic E-state index is 0.0613. The Morgan fingerprint density at radius 1 is 1.18 bits per heavy atom. The van der Waals surface area contributed by atoms with Gasteiger partial charge in [0.25, 0.3) is 10.0 Å². The minimum Gasteiger partial charge on any atom is -0.497 e. The molecule has 0 unspecified atom stereocenters. The van der Waals surface area contributed by atoms with E-state index in [-0.39, 0.29) is 28.2 Å². The summed E-state index contributed by atoms with van der Waals surface area (Å²) in [6.07, 6.45) is 0. The first-order chi connectivity index (χ1) is 15.8. The van der Waals surface area contributed by atoms with Gasteiger partial charge in [-0.05, 0) is 25.1 Å². The van der Waals surface area contributed by atoms with Crippen molar-refractivity contribution in [3.8, 4) is 22.2 Å². The van der Waals surface area contributed by atoms with Gasteiger partial charge in [-0.3, -0.25) is 9.52 Å². The van der Waals surface area contributed by atoms with Crippen molar-refractivity contribution < 1.29 is 31.9 Å². The Labute approximate surface area is 194 Å². The molecule has 0 saturated carbocycles. The molecule has 4 rings (SSSR count). The summed E-state index contributed by atoms with van der Waals surface area (Å²) in [5.74, 6) is 0.455. The van der Waals surface area contributed by atoms with Crippen LogP contribution < -0.4 is 14.2 Å². The fourth-order valence-electron chi connectivity index (χ4n) is 3.24. The number of carbonyl (C=O) groups excluding carboxylic acids is 1. The van der Waals surface area contributed by atoms with Crippen LogP contribution in [-0.4, -0.2) is 69.9 Å². The number of hydrogen-bond donors (Lipinski definition) is 1. The van der Waals surface area contributed by atoms with E-state index in [1.807, 2.05) is 0 Å². The third-order valence-electron chi connectivity index (χ3n) is 4.94. The molecule has 0 aliphatic carbocycles. The molecule has 1 N–H and O–H groups in total. The number of amides is 1. The summed E-state index contributed by atoms with van der Waals surface area (Å²) in [6.45, 7) is 3.46. The molecule has 2 aromatic heterocycles. The molecule has 3 aromatic rings. The highest BCUT2D eigenvalue weighted by atomic mass is 32.2. The van der Waals surface area contributed by atoms with Gasteiger partial charge < -0.3 is 23.6 Å². The predicted molar refractivity (Wildman–Crippen MR) is 119 cm³/mol. The van der Waals surface area contributed by atoms with E-state index in [2.05, 4.69) is 14.9 Å². The van der Waals surface area contributed by atoms with E-state index in [0.717, 1.165) is 0 Å². The van der Waals surface area contributed by atoms with E-state index in [0.29, 0.717) is 47.6 Å². The number of nitrogens with zero attached hydrogens (tertiary/aromatic N) is 3. The number of ether oxygens (including phenoxy) is 3. The van der Waals surface area contributed by atoms with Gasteiger partial charge in [-0.1, -0.05) is 5.16 Å². The van der Waals surface area contributed by atoms with Crippen molar-refractivity contribution in [3.05, 3.63) is 35.0 Å². The number of aromatic nitrogens is 2. The van der Waals surface area contributed by atoms with Crippen LogP contribution in [0.3, 0.4) is 0 Å². The lowest BCUT2D eigenvalue weighted by Gasteiger charge is -2.25. The molecule has 33 heavy (non-hydrogen) atoms. The Morgan fingerprint density at radius 2 is 1.94 bits per heavy atom. The molecule has 1 fully saturated rings. The van der Waals surface area contributed by atoms with Crippen molar-refractivity contribution >= 4 is 33.0 Å². The van der Waals surface area contributed by atoms with E-state index in [4.69, 9.17) is 18.7 Å². The Morgan fingerprint density at radius 3 is 2.64 bits per heavy atom. The highest BCUT2D eigenvalue weighted by Crippen LogP contribution is 2.35. The van der Waals surface area contributed by atoms with Crippen LogP contribution in [-0.2, 0) is 14.8 Å². The zero-order valence-corrected chi connectivity index (χ0v) is 19.8. The minimum atomic E-state index is -3.95. The van der Waals surface area contributed by atoms with Crippen LogP contribution in [0.5, 0.6) is 11.5 Å². The standard InChI is InChI=1S/C20H22N4O7S2/c1-12-17(33(26,27)23-14-5-4-13(28-2)10-15(14)29-3)11-16(32-12)18-21-19(31-22-18)20(25)24-6-8-30-9-7-24/h4-5,10-11,23H,6-9H2,1-3H3. The van der Waals surface area contributed by atoms with Crippen molar-refractivity contribution in [2.45, 2.75) is 11.8 Å². The maximum absolute atomic E-state index is 13.1. The Hall–Kier alpha value is -3.16. The smallest absolute Gasteiger partial charge is 0.316 e. The molecule has 1 aromatic carbocycles. The van der Waals surface area contributed by atoms with E-state index in [9.17, 15) is 13.2 Å². The van der Waals surface area contributed by atoms with E-state index in [1.54, 1.807) is 30.0 Å². The van der Waals surface area contributed by atoms with Crippen LogP contribution in [0.15, 0.2) is 33.7 Å². The second-order valence-electron chi connectivity index (χ2n) is 7.03. The summed E-state index contributed by atoms with van der Waals surface area (Å²) in [5.41, 5.74) is 0.267. The van der Waals surface area contributed by atoms with Gasteiger partial charge in [0, 0.05) is 24.0 Å². The van der Waals surface area contributed by atoms with Gasteiger partial charge in [0.1, 0.15) is 16.4 Å². The molecular formula is C20H22N4O7S2. The first kappa shape index (κ1) is 23.0. The van der Waals surface area contributed by atoms with Crippen molar-refractivity contribution in [1.29, 1.82) is 0 Å². The maximum Gasteiger partial charge on any atom is 0.316 e. The van der Waals surface area contributed by atoms with Gasteiger partial charge in [0.05, 0.1) is 38.0 Å². The molecule has 1 saturated heterocycles. The number of morpholine rings is 1. The first-order valence-corrected chi connectivity index (χ1v) is 12.2. The Kier molecular flexibility index (Phi) is 6.54. The fraction of sp³-hybridized carbons (Fsp3) is 0.350. The summed E-state index contributed by atoms with van der Waals surface area (Å²) in [6, 6.07) is 6.21. The first-order valence-electron chi connectivity index (χ1n) is 9.89. The molecule has 0 spiro atoms. The second-order valence-corrected chi connectivity index (χ2v) is 9.94.